The van der Waals surface area contributed by atoms with Gasteiger partial charge in [0.15, 0.2) is 0 Å². The first kappa shape index (κ1) is 9.09. The fourth-order valence-electron chi connectivity index (χ4n) is 1.50. The summed E-state index contributed by atoms with van der Waals surface area (Å²) in [6, 6.07) is 8.05. The Morgan fingerprint density at radius 3 is 2.79 bits per heavy atom. The molecule has 1 atom stereocenters. The van der Waals surface area contributed by atoms with E-state index in [1.54, 1.807) is 7.11 Å². The van der Waals surface area contributed by atoms with Crippen molar-refractivity contribution in [2.45, 2.75) is 13.0 Å². The largest absolute Gasteiger partial charge is 0.497 e. The molecule has 3 heteroatoms. The highest BCUT2D eigenvalue weighted by atomic mass is 16.5. The highest BCUT2D eigenvalue weighted by molar-refractivity contribution is 5.81. The molecule has 0 fully saturated rings. The van der Waals surface area contributed by atoms with Gasteiger partial charge < -0.3 is 15.5 Å². The summed E-state index contributed by atoms with van der Waals surface area (Å²) < 4.78 is 5.14. The van der Waals surface area contributed by atoms with Gasteiger partial charge in [-0.1, -0.05) is 0 Å². The number of nitrogens with one attached hydrogen (secondary N) is 1. The van der Waals surface area contributed by atoms with Gasteiger partial charge in [0, 0.05) is 23.3 Å². The number of aromatic nitrogens is 1. The van der Waals surface area contributed by atoms with Crippen LogP contribution in [0.1, 0.15) is 18.7 Å². The number of nitrogens with two attached hydrogens (primary N) is 1. The minimum atomic E-state index is 0.0356. The molecule has 2 rings (SSSR count). The fraction of sp³-hybridized carbons (Fsp3) is 0.273. The van der Waals surface area contributed by atoms with Crippen LogP contribution in [0.25, 0.3) is 10.9 Å². The van der Waals surface area contributed by atoms with Gasteiger partial charge in [0.2, 0.25) is 0 Å². The molecule has 0 radical (unpaired) electrons. The number of hydrogen-bond acceptors (Lipinski definition) is 2. The predicted octanol–water partition coefficient (Wildman–Crippen LogP) is 2.20. The maximum Gasteiger partial charge on any atom is 0.120 e. The van der Waals surface area contributed by atoms with Crippen molar-refractivity contribution in [1.29, 1.82) is 0 Å². The van der Waals surface area contributed by atoms with E-state index < -0.39 is 0 Å². The standard InChI is InChI=1S/C11H14N2O/c1-7(12)10-5-8-3-4-9(14-2)6-11(8)13-10/h3-7,13H,12H2,1-2H3/t7-/m0/s1. The van der Waals surface area contributed by atoms with Crippen LogP contribution in [0.15, 0.2) is 24.3 Å². The van der Waals surface area contributed by atoms with E-state index >= 15 is 0 Å². The van der Waals surface area contributed by atoms with E-state index in [4.69, 9.17) is 10.5 Å². The maximum absolute atomic E-state index is 5.79. The molecule has 0 amide bonds. The molecule has 3 N–H and O–H groups in total. The summed E-state index contributed by atoms with van der Waals surface area (Å²) in [5.41, 5.74) is 7.90. The molecule has 0 aliphatic heterocycles. The summed E-state index contributed by atoms with van der Waals surface area (Å²) in [6.07, 6.45) is 0. The molecular formula is C11H14N2O. The first-order valence-corrected chi connectivity index (χ1v) is 4.63. The molecule has 0 bridgehead atoms. The summed E-state index contributed by atoms with van der Waals surface area (Å²) >= 11 is 0. The SMILES string of the molecule is COc1ccc2cc([C@H](C)N)[nH]c2c1. The van der Waals surface area contributed by atoms with Gasteiger partial charge in [0.05, 0.1) is 7.11 Å². The summed E-state index contributed by atoms with van der Waals surface area (Å²) in [5, 5.41) is 1.16. The zero-order chi connectivity index (χ0) is 10.1. The monoisotopic (exact) mass is 190 g/mol. The third-order valence-electron chi connectivity index (χ3n) is 2.34. The van der Waals surface area contributed by atoms with Gasteiger partial charge in [-0.3, -0.25) is 0 Å². The average molecular weight is 190 g/mol. The number of H-pyrrole nitrogens is 1. The number of fused-ring (bicyclic) bond motifs is 1. The van der Waals surface area contributed by atoms with Crippen molar-refractivity contribution in [1.82, 2.24) is 4.98 Å². The third kappa shape index (κ3) is 1.46. The molecule has 0 unspecified atom stereocenters. The summed E-state index contributed by atoms with van der Waals surface area (Å²) in [5.74, 6) is 0.857. The van der Waals surface area contributed by atoms with E-state index in [1.165, 1.54) is 0 Å². The Labute approximate surface area is 82.9 Å². The minimum absolute atomic E-state index is 0.0356. The van der Waals surface area contributed by atoms with Crippen LogP contribution in [0, 0.1) is 0 Å². The Bertz CT molecular complexity index is 445. The Morgan fingerprint density at radius 1 is 1.36 bits per heavy atom. The van der Waals surface area contributed by atoms with Crippen LogP contribution in [0.3, 0.4) is 0 Å². The van der Waals surface area contributed by atoms with Crippen molar-refractivity contribution in [2.75, 3.05) is 7.11 Å². The second kappa shape index (κ2) is 3.35. The van der Waals surface area contributed by atoms with Crippen LogP contribution in [0.4, 0.5) is 0 Å². The third-order valence-corrected chi connectivity index (χ3v) is 2.34. The van der Waals surface area contributed by atoms with Crippen LogP contribution in [0.2, 0.25) is 0 Å². The molecule has 1 heterocycles. The Balaban J connectivity index is 2.54. The second-order valence-electron chi connectivity index (χ2n) is 3.47. The van der Waals surface area contributed by atoms with Crippen LogP contribution in [0.5, 0.6) is 5.75 Å². The number of benzene rings is 1. The molecule has 0 aliphatic carbocycles. The zero-order valence-corrected chi connectivity index (χ0v) is 8.37. The molecule has 14 heavy (non-hydrogen) atoms. The van der Waals surface area contributed by atoms with E-state index in [1.807, 2.05) is 25.1 Å². The first-order chi connectivity index (χ1) is 6.70. The lowest BCUT2D eigenvalue weighted by atomic mass is 10.2. The van der Waals surface area contributed by atoms with E-state index in [-0.39, 0.29) is 6.04 Å². The number of ether oxygens (including phenoxy) is 1. The molecule has 1 aromatic carbocycles. The van der Waals surface area contributed by atoms with E-state index in [9.17, 15) is 0 Å². The predicted molar refractivity (Wildman–Crippen MR) is 57.5 cm³/mol. The fourth-order valence-corrected chi connectivity index (χ4v) is 1.50. The molecular weight excluding hydrogens is 176 g/mol. The van der Waals surface area contributed by atoms with Crippen molar-refractivity contribution in [3.05, 3.63) is 30.0 Å². The van der Waals surface area contributed by atoms with Gasteiger partial charge in [0.1, 0.15) is 5.75 Å². The quantitative estimate of drug-likeness (QED) is 0.762. The van der Waals surface area contributed by atoms with Crippen LogP contribution in [-0.2, 0) is 0 Å². The molecule has 2 aromatic rings. The van der Waals surface area contributed by atoms with E-state index in [2.05, 4.69) is 11.1 Å². The van der Waals surface area contributed by atoms with Gasteiger partial charge in [0.25, 0.3) is 0 Å². The summed E-state index contributed by atoms with van der Waals surface area (Å²) in [4.78, 5) is 3.26. The molecule has 74 valence electrons. The number of aromatic amines is 1. The van der Waals surface area contributed by atoms with E-state index in [0.29, 0.717) is 0 Å². The van der Waals surface area contributed by atoms with Crippen LogP contribution in [-0.4, -0.2) is 12.1 Å². The molecule has 0 spiro atoms. The number of methoxy groups -OCH3 is 1. The summed E-state index contributed by atoms with van der Waals surface area (Å²) in [6.45, 7) is 1.96. The summed E-state index contributed by atoms with van der Waals surface area (Å²) in [7, 11) is 1.66. The molecule has 0 saturated heterocycles. The zero-order valence-electron chi connectivity index (χ0n) is 8.37. The van der Waals surface area contributed by atoms with E-state index in [0.717, 1.165) is 22.3 Å². The van der Waals surface area contributed by atoms with Crippen LogP contribution < -0.4 is 10.5 Å². The molecule has 0 aliphatic rings. The maximum atomic E-state index is 5.79. The van der Waals surface area contributed by atoms with Gasteiger partial charge in [-0.2, -0.15) is 0 Å². The van der Waals surface area contributed by atoms with Crippen molar-refractivity contribution >= 4 is 10.9 Å². The van der Waals surface area contributed by atoms with Crippen molar-refractivity contribution in [3.63, 3.8) is 0 Å². The van der Waals surface area contributed by atoms with Gasteiger partial charge in [-0.15, -0.1) is 0 Å². The molecule has 3 nitrogen and oxygen atoms in total. The Hall–Kier alpha value is -1.48. The minimum Gasteiger partial charge on any atom is -0.497 e. The van der Waals surface area contributed by atoms with Crippen LogP contribution >= 0.6 is 0 Å². The first-order valence-electron chi connectivity index (χ1n) is 4.63. The highest BCUT2D eigenvalue weighted by Crippen LogP contribution is 2.22. The van der Waals surface area contributed by atoms with Crippen molar-refractivity contribution < 1.29 is 4.74 Å². The normalized spacial score (nSPS) is 13.1. The lowest BCUT2D eigenvalue weighted by molar-refractivity contribution is 0.415. The average Bonchev–Trinajstić information content (AvgIpc) is 2.59. The lowest BCUT2D eigenvalue weighted by Crippen LogP contribution is -2.04. The van der Waals surface area contributed by atoms with Gasteiger partial charge in [-0.25, -0.2) is 0 Å². The Morgan fingerprint density at radius 2 is 2.14 bits per heavy atom. The smallest absolute Gasteiger partial charge is 0.120 e. The Kier molecular flexibility index (Phi) is 2.17. The number of hydrogen-bond donors (Lipinski definition) is 2. The van der Waals surface area contributed by atoms with Gasteiger partial charge in [-0.05, 0) is 30.5 Å². The highest BCUT2D eigenvalue weighted by Gasteiger charge is 2.04. The lowest BCUT2D eigenvalue weighted by Gasteiger charge is -1.99. The van der Waals surface area contributed by atoms with Gasteiger partial charge >= 0.3 is 0 Å². The molecule has 1 aromatic heterocycles. The topological polar surface area (TPSA) is 51.0 Å². The van der Waals surface area contributed by atoms with Crippen molar-refractivity contribution in [3.8, 4) is 5.75 Å². The number of rotatable bonds is 2. The molecule has 0 saturated carbocycles. The van der Waals surface area contributed by atoms with Crippen molar-refractivity contribution in [2.24, 2.45) is 5.73 Å². The second-order valence-corrected chi connectivity index (χ2v) is 3.47.